The monoisotopic (exact) mass is 265 g/mol. The van der Waals surface area contributed by atoms with Gasteiger partial charge in [-0.25, -0.2) is 4.79 Å². The summed E-state index contributed by atoms with van der Waals surface area (Å²) in [5.41, 5.74) is -0.0738. The Balaban J connectivity index is 2.09. The zero-order chi connectivity index (χ0) is 14.2. The molecule has 2 bridgehead atoms. The van der Waals surface area contributed by atoms with Crippen molar-refractivity contribution < 1.29 is 14.6 Å². The van der Waals surface area contributed by atoms with Crippen LogP contribution in [0.25, 0.3) is 0 Å². The summed E-state index contributed by atoms with van der Waals surface area (Å²) in [4.78, 5) is 16.7. The number of fused-ring (bicyclic) bond motifs is 5. The number of hydrogen-bond acceptors (Lipinski definition) is 4. The Morgan fingerprint density at radius 2 is 2.00 bits per heavy atom. The second kappa shape index (κ2) is 3.40. The molecule has 0 spiro atoms. The van der Waals surface area contributed by atoms with Crippen LogP contribution in [0.2, 0.25) is 0 Å². The number of esters is 1. The largest absolute Gasteiger partial charge is 0.454 e. The van der Waals surface area contributed by atoms with Gasteiger partial charge in [-0.1, -0.05) is 20.8 Å². The van der Waals surface area contributed by atoms with Crippen LogP contribution in [0, 0.1) is 16.7 Å². The Labute approximate surface area is 114 Å². The summed E-state index contributed by atoms with van der Waals surface area (Å²) in [5, 5.41) is 10.1. The van der Waals surface area contributed by atoms with Gasteiger partial charge in [0.2, 0.25) is 0 Å². The first kappa shape index (κ1) is 13.1. The second-order valence-electron chi connectivity index (χ2n) is 7.63. The molecule has 3 rings (SSSR count). The minimum Gasteiger partial charge on any atom is -0.454 e. The fraction of sp³-hybridized carbons (Fsp3) is 0.867. The van der Waals surface area contributed by atoms with E-state index in [4.69, 9.17) is 4.74 Å². The third kappa shape index (κ3) is 1.44. The van der Waals surface area contributed by atoms with Crippen molar-refractivity contribution in [2.75, 3.05) is 0 Å². The molecule has 3 aliphatic rings. The number of hydrogen-bond donors (Lipinski definition) is 1. The molecule has 0 aromatic carbocycles. The summed E-state index contributed by atoms with van der Waals surface area (Å²) in [6.45, 7) is 9.96. The minimum atomic E-state index is -1.17. The number of carbonyl (C=O) groups excluding carboxylic acids is 1. The Morgan fingerprint density at radius 3 is 2.58 bits per heavy atom. The van der Waals surface area contributed by atoms with E-state index >= 15 is 0 Å². The van der Waals surface area contributed by atoms with Gasteiger partial charge in [-0.2, -0.15) is 0 Å². The first-order chi connectivity index (χ1) is 8.59. The van der Waals surface area contributed by atoms with Crippen molar-refractivity contribution in [3.05, 3.63) is 0 Å². The molecule has 106 valence electrons. The molecule has 1 aliphatic heterocycles. The standard InChI is InChI=1S/C15H23NO3/c1-13(2)8-6-7-15(13,5)10-9(8)19-12(17)11(16-10)14(3,4)18/h8-9,11,18H,6-7H2,1-5H3/t8-,9-,11-,15+/m1/s1. The molecule has 0 radical (unpaired) electrons. The van der Waals surface area contributed by atoms with Crippen molar-refractivity contribution >= 4 is 11.7 Å². The maximum absolute atomic E-state index is 12.1. The van der Waals surface area contributed by atoms with E-state index in [1.807, 2.05) is 0 Å². The van der Waals surface area contributed by atoms with Gasteiger partial charge in [0, 0.05) is 11.3 Å². The number of aliphatic hydroxyl groups is 1. The number of aliphatic imine (C=N–C) groups is 1. The van der Waals surface area contributed by atoms with Gasteiger partial charge in [0.1, 0.15) is 6.10 Å². The van der Waals surface area contributed by atoms with Crippen LogP contribution in [0.5, 0.6) is 0 Å². The Hall–Kier alpha value is -0.900. The van der Waals surface area contributed by atoms with Gasteiger partial charge < -0.3 is 9.84 Å². The Bertz CT molecular complexity index is 474. The lowest BCUT2D eigenvalue weighted by atomic mass is 9.70. The molecule has 4 nitrogen and oxygen atoms in total. The average Bonchev–Trinajstić information content (AvgIpc) is 2.56. The van der Waals surface area contributed by atoms with Gasteiger partial charge in [-0.05, 0) is 32.1 Å². The van der Waals surface area contributed by atoms with E-state index in [1.54, 1.807) is 13.8 Å². The highest BCUT2D eigenvalue weighted by Gasteiger charge is 2.67. The van der Waals surface area contributed by atoms with E-state index in [-0.39, 0.29) is 22.9 Å². The molecule has 1 N–H and O–H groups in total. The average molecular weight is 265 g/mol. The van der Waals surface area contributed by atoms with Crippen molar-refractivity contribution in [1.82, 2.24) is 0 Å². The maximum Gasteiger partial charge on any atom is 0.334 e. The Morgan fingerprint density at radius 1 is 1.37 bits per heavy atom. The van der Waals surface area contributed by atoms with Crippen LogP contribution in [0.15, 0.2) is 4.99 Å². The molecule has 1 heterocycles. The molecule has 4 heteroatoms. The summed E-state index contributed by atoms with van der Waals surface area (Å²) in [7, 11) is 0. The first-order valence-electron chi connectivity index (χ1n) is 7.10. The first-order valence-corrected chi connectivity index (χ1v) is 7.10. The van der Waals surface area contributed by atoms with Crippen LogP contribution < -0.4 is 0 Å². The normalized spacial score (nSPS) is 43.8. The van der Waals surface area contributed by atoms with Crippen molar-refractivity contribution in [3.63, 3.8) is 0 Å². The van der Waals surface area contributed by atoms with Crippen LogP contribution in [0.3, 0.4) is 0 Å². The molecular weight excluding hydrogens is 242 g/mol. The van der Waals surface area contributed by atoms with Crippen molar-refractivity contribution in [2.24, 2.45) is 21.7 Å². The highest BCUT2D eigenvalue weighted by Crippen LogP contribution is 2.65. The molecule has 2 fully saturated rings. The summed E-state index contributed by atoms with van der Waals surface area (Å²) in [6.07, 6.45) is 2.02. The Kier molecular flexibility index (Phi) is 2.35. The highest BCUT2D eigenvalue weighted by molar-refractivity contribution is 6.03. The summed E-state index contributed by atoms with van der Waals surface area (Å²) in [6, 6.07) is -0.786. The quantitative estimate of drug-likeness (QED) is 0.737. The fourth-order valence-corrected chi connectivity index (χ4v) is 4.21. The lowest BCUT2D eigenvalue weighted by Crippen LogP contribution is -2.51. The molecule has 19 heavy (non-hydrogen) atoms. The zero-order valence-electron chi connectivity index (χ0n) is 12.4. The van der Waals surface area contributed by atoms with Crippen LogP contribution in [0.4, 0.5) is 0 Å². The van der Waals surface area contributed by atoms with Gasteiger partial charge in [0.05, 0.1) is 11.3 Å². The van der Waals surface area contributed by atoms with Gasteiger partial charge in [0.25, 0.3) is 0 Å². The van der Waals surface area contributed by atoms with Gasteiger partial charge >= 0.3 is 5.97 Å². The van der Waals surface area contributed by atoms with Crippen LogP contribution in [0.1, 0.15) is 47.5 Å². The smallest absolute Gasteiger partial charge is 0.334 e. The lowest BCUT2D eigenvalue weighted by Gasteiger charge is -2.38. The van der Waals surface area contributed by atoms with Crippen LogP contribution in [-0.4, -0.2) is 34.5 Å². The van der Waals surface area contributed by atoms with E-state index in [1.165, 1.54) is 0 Å². The van der Waals surface area contributed by atoms with Crippen LogP contribution >= 0.6 is 0 Å². The van der Waals surface area contributed by atoms with Gasteiger partial charge in [0.15, 0.2) is 6.04 Å². The molecule has 2 saturated carbocycles. The molecule has 0 saturated heterocycles. The second-order valence-corrected chi connectivity index (χ2v) is 7.63. The van der Waals surface area contributed by atoms with E-state index in [0.717, 1.165) is 18.6 Å². The number of carbonyl (C=O) groups is 1. The van der Waals surface area contributed by atoms with Gasteiger partial charge in [-0.15, -0.1) is 0 Å². The number of nitrogens with zero attached hydrogens (tertiary/aromatic N) is 1. The third-order valence-electron chi connectivity index (χ3n) is 5.91. The maximum atomic E-state index is 12.1. The summed E-state index contributed by atoms with van der Waals surface area (Å²) < 4.78 is 5.65. The van der Waals surface area contributed by atoms with E-state index in [0.29, 0.717) is 5.92 Å². The van der Waals surface area contributed by atoms with E-state index in [9.17, 15) is 9.90 Å². The summed E-state index contributed by atoms with van der Waals surface area (Å²) >= 11 is 0. The van der Waals surface area contributed by atoms with Gasteiger partial charge in [-0.3, -0.25) is 4.99 Å². The fourth-order valence-electron chi connectivity index (χ4n) is 4.21. The van der Waals surface area contributed by atoms with E-state index < -0.39 is 11.6 Å². The number of rotatable bonds is 1. The molecule has 0 aromatic heterocycles. The predicted octanol–water partition coefficient (Wildman–Crippen LogP) is 1.95. The molecule has 0 unspecified atom stereocenters. The molecule has 0 amide bonds. The topological polar surface area (TPSA) is 58.9 Å². The van der Waals surface area contributed by atoms with Crippen molar-refractivity contribution in [1.29, 1.82) is 0 Å². The molecular formula is C15H23NO3. The highest BCUT2D eigenvalue weighted by atomic mass is 16.6. The molecule has 2 aliphatic carbocycles. The van der Waals surface area contributed by atoms with E-state index in [2.05, 4.69) is 25.8 Å². The number of ether oxygens (including phenoxy) is 1. The third-order valence-corrected chi connectivity index (χ3v) is 5.91. The molecule has 4 atom stereocenters. The summed E-state index contributed by atoms with van der Waals surface area (Å²) in [5.74, 6) is -0.0174. The van der Waals surface area contributed by atoms with Crippen molar-refractivity contribution in [2.45, 2.75) is 65.2 Å². The van der Waals surface area contributed by atoms with Crippen LogP contribution in [-0.2, 0) is 9.53 Å². The van der Waals surface area contributed by atoms with Crippen molar-refractivity contribution in [3.8, 4) is 0 Å². The SMILES string of the molecule is CC(C)(O)[C@@H]1N=C2[C@H](OC1=O)[C@H]1CC[C@]2(C)C1(C)C. The molecule has 0 aromatic rings. The minimum absolute atomic E-state index is 0.00741. The zero-order valence-corrected chi connectivity index (χ0v) is 12.4. The predicted molar refractivity (Wildman–Crippen MR) is 72.0 cm³/mol. The lowest BCUT2D eigenvalue weighted by molar-refractivity contribution is -0.157.